The van der Waals surface area contributed by atoms with Gasteiger partial charge >= 0.3 is 11.9 Å². The van der Waals surface area contributed by atoms with Gasteiger partial charge in [-0.3, -0.25) is 0 Å². The van der Waals surface area contributed by atoms with E-state index >= 15 is 0 Å². The average Bonchev–Trinajstić information content (AvgIpc) is 2.64. The van der Waals surface area contributed by atoms with E-state index in [1.54, 1.807) is 18.0 Å². The molecular weight excluding hydrogens is 395 g/mol. The third kappa shape index (κ3) is 3.81. The van der Waals surface area contributed by atoms with Crippen LogP contribution >= 0.6 is 23.2 Å². The number of carbonyl (C=O) groups is 2. The molecule has 1 heterocycles. The van der Waals surface area contributed by atoms with Gasteiger partial charge in [0.05, 0.1) is 25.5 Å². The van der Waals surface area contributed by atoms with Crippen LogP contribution in [0.1, 0.15) is 24.0 Å². The summed E-state index contributed by atoms with van der Waals surface area (Å²) in [5.74, 6) is -1.65. The Hall–Kier alpha value is -2.09. The van der Waals surface area contributed by atoms with Crippen molar-refractivity contribution < 1.29 is 24.2 Å². The van der Waals surface area contributed by atoms with Crippen LogP contribution in [0.2, 0.25) is 10.3 Å². The van der Waals surface area contributed by atoms with Gasteiger partial charge in [-0.15, -0.1) is 6.58 Å². The summed E-state index contributed by atoms with van der Waals surface area (Å²) in [7, 11) is 4.10. The number of fused-ring (bicyclic) bond motifs is 1. The van der Waals surface area contributed by atoms with Crippen LogP contribution in [0.4, 0.5) is 0 Å². The van der Waals surface area contributed by atoms with Gasteiger partial charge in [-0.2, -0.15) is 0 Å². The number of esters is 2. The number of hydrogen-bond donors (Lipinski definition) is 1. The van der Waals surface area contributed by atoms with Crippen molar-refractivity contribution in [3.8, 4) is 0 Å². The van der Waals surface area contributed by atoms with E-state index in [4.69, 9.17) is 32.7 Å². The fourth-order valence-corrected chi connectivity index (χ4v) is 3.60. The number of aliphatic hydroxyl groups is 1. The van der Waals surface area contributed by atoms with Gasteiger partial charge in [-0.05, 0) is 12.5 Å². The molecule has 27 heavy (non-hydrogen) atoms. The lowest BCUT2D eigenvalue weighted by Crippen LogP contribution is -2.43. The summed E-state index contributed by atoms with van der Waals surface area (Å²) < 4.78 is 9.62. The van der Waals surface area contributed by atoms with Crippen molar-refractivity contribution in [1.29, 1.82) is 0 Å². The molecule has 0 radical (unpaired) electrons. The number of methoxy groups -OCH3 is 2. The van der Waals surface area contributed by atoms with Crippen LogP contribution in [-0.4, -0.2) is 54.7 Å². The monoisotopic (exact) mass is 414 g/mol. The summed E-state index contributed by atoms with van der Waals surface area (Å²) in [4.78, 5) is 30.6. The van der Waals surface area contributed by atoms with Crippen molar-refractivity contribution in [3.63, 3.8) is 0 Å². The molecule has 0 aromatic carbocycles. The van der Waals surface area contributed by atoms with Crippen LogP contribution in [0.25, 0.3) is 5.70 Å². The van der Waals surface area contributed by atoms with Crippen LogP contribution < -0.4 is 0 Å². The van der Waals surface area contributed by atoms with Gasteiger partial charge < -0.3 is 19.5 Å². The van der Waals surface area contributed by atoms with E-state index in [1.165, 1.54) is 13.2 Å². The Labute approximate surface area is 167 Å². The first-order valence-electron chi connectivity index (χ1n) is 8.02. The molecule has 0 saturated carbocycles. The van der Waals surface area contributed by atoms with E-state index < -0.39 is 17.5 Å². The summed E-state index contributed by atoms with van der Waals surface area (Å²) in [5, 5.41) is 11.1. The zero-order valence-electron chi connectivity index (χ0n) is 15.2. The first-order valence-corrected chi connectivity index (χ1v) is 8.78. The van der Waals surface area contributed by atoms with Crippen LogP contribution in [0.15, 0.2) is 24.3 Å². The molecule has 1 aromatic rings. The topological polar surface area (TPSA) is 89.0 Å². The number of pyridine rings is 1. The van der Waals surface area contributed by atoms with Crippen molar-refractivity contribution in [2.75, 3.05) is 27.8 Å². The molecule has 0 amide bonds. The molecule has 0 bridgehead atoms. The maximum Gasteiger partial charge on any atom is 0.342 e. The number of halogens is 2. The van der Waals surface area contributed by atoms with Crippen molar-refractivity contribution in [2.24, 2.45) is 0 Å². The Morgan fingerprint density at radius 2 is 2.07 bits per heavy atom. The van der Waals surface area contributed by atoms with E-state index in [0.29, 0.717) is 18.7 Å². The highest BCUT2D eigenvalue weighted by Crippen LogP contribution is 2.46. The van der Waals surface area contributed by atoms with Crippen molar-refractivity contribution in [1.82, 2.24) is 9.88 Å². The molecule has 1 atom stereocenters. The number of aromatic nitrogens is 1. The lowest BCUT2D eigenvalue weighted by Gasteiger charge is -2.37. The van der Waals surface area contributed by atoms with Gasteiger partial charge in [0.2, 0.25) is 0 Å². The lowest BCUT2D eigenvalue weighted by molar-refractivity contribution is -0.164. The Kier molecular flexibility index (Phi) is 6.51. The first kappa shape index (κ1) is 21.2. The molecule has 1 aliphatic carbocycles. The van der Waals surface area contributed by atoms with Crippen molar-refractivity contribution >= 4 is 40.8 Å². The predicted octanol–water partition coefficient (Wildman–Crippen LogP) is 2.54. The molecule has 2 rings (SSSR count). The Bertz CT molecular complexity index is 824. The van der Waals surface area contributed by atoms with E-state index in [0.717, 1.165) is 7.11 Å². The highest BCUT2D eigenvalue weighted by molar-refractivity contribution is 6.34. The normalized spacial score (nSPS) is 18.6. The van der Waals surface area contributed by atoms with Crippen LogP contribution in [-0.2, 0) is 24.7 Å². The summed E-state index contributed by atoms with van der Waals surface area (Å²) in [6.45, 7) is 4.20. The maximum atomic E-state index is 12.5. The van der Waals surface area contributed by atoms with Gasteiger partial charge in [-0.25, -0.2) is 14.6 Å². The third-order valence-corrected chi connectivity index (χ3v) is 4.82. The van der Waals surface area contributed by atoms with Gasteiger partial charge in [-0.1, -0.05) is 29.3 Å². The third-order valence-electron chi connectivity index (χ3n) is 4.35. The van der Waals surface area contributed by atoms with E-state index in [2.05, 4.69) is 11.6 Å². The van der Waals surface area contributed by atoms with Gasteiger partial charge in [0.25, 0.3) is 0 Å². The molecule has 7 nitrogen and oxygen atoms in total. The predicted molar refractivity (Wildman–Crippen MR) is 101 cm³/mol. The largest absolute Gasteiger partial charge is 0.467 e. The quantitative estimate of drug-likeness (QED) is 0.434. The number of rotatable bonds is 6. The number of hydrogen-bond acceptors (Lipinski definition) is 7. The van der Waals surface area contributed by atoms with E-state index in [-0.39, 0.29) is 33.4 Å². The standard InChI is InChI=1S/C18H20Cl2N2O5/c1-5-6-7-22(2)14-10(16(23)26-3)9-18(25,17(24)27-4)11-8-12(19)21-15(20)13(11)14/h5,8,25H,1,6-7,9H2,2-4H3. The van der Waals surface area contributed by atoms with Crippen molar-refractivity contribution in [2.45, 2.75) is 18.4 Å². The zero-order valence-corrected chi connectivity index (χ0v) is 16.7. The highest BCUT2D eigenvalue weighted by atomic mass is 35.5. The minimum absolute atomic E-state index is 0.00399. The molecule has 0 fully saturated rings. The van der Waals surface area contributed by atoms with Gasteiger partial charge in [0.15, 0.2) is 5.60 Å². The minimum atomic E-state index is -2.16. The molecule has 1 unspecified atom stereocenters. The van der Waals surface area contributed by atoms with Gasteiger partial charge in [0.1, 0.15) is 10.3 Å². The molecule has 1 N–H and O–H groups in total. The highest BCUT2D eigenvalue weighted by Gasteiger charge is 2.49. The number of ether oxygens (including phenoxy) is 2. The van der Waals surface area contributed by atoms with E-state index in [9.17, 15) is 14.7 Å². The Morgan fingerprint density at radius 1 is 1.41 bits per heavy atom. The molecular formula is C18H20Cl2N2O5. The Morgan fingerprint density at radius 3 is 2.63 bits per heavy atom. The lowest BCUT2D eigenvalue weighted by atomic mass is 9.78. The first-order chi connectivity index (χ1) is 12.7. The minimum Gasteiger partial charge on any atom is -0.467 e. The molecule has 1 aromatic heterocycles. The maximum absolute atomic E-state index is 12.5. The second-order valence-electron chi connectivity index (χ2n) is 6.00. The Balaban J connectivity index is 2.85. The molecule has 1 aliphatic rings. The van der Waals surface area contributed by atoms with Crippen LogP contribution in [0.5, 0.6) is 0 Å². The van der Waals surface area contributed by atoms with Crippen LogP contribution in [0, 0.1) is 0 Å². The summed E-state index contributed by atoms with van der Waals surface area (Å²) >= 11 is 12.3. The molecule has 0 spiro atoms. The van der Waals surface area contributed by atoms with E-state index in [1.807, 2.05) is 0 Å². The molecule has 146 valence electrons. The average molecular weight is 415 g/mol. The molecule has 9 heteroatoms. The smallest absolute Gasteiger partial charge is 0.342 e. The fraction of sp³-hybridized carbons (Fsp3) is 0.389. The number of carbonyl (C=O) groups excluding carboxylic acids is 2. The SMILES string of the molecule is C=CCCN(C)C1=C(C(=O)OC)CC(O)(C(=O)OC)c2cc(Cl)nc(Cl)c21. The molecule has 0 saturated heterocycles. The summed E-state index contributed by atoms with van der Waals surface area (Å²) in [6.07, 6.45) is 2.00. The summed E-state index contributed by atoms with van der Waals surface area (Å²) in [6, 6.07) is 1.34. The summed E-state index contributed by atoms with van der Waals surface area (Å²) in [5.41, 5.74) is -1.33. The zero-order chi connectivity index (χ0) is 20.4. The van der Waals surface area contributed by atoms with Gasteiger partial charge in [0, 0.05) is 31.1 Å². The second kappa shape index (κ2) is 8.29. The molecule has 0 aliphatic heterocycles. The number of nitrogens with zero attached hydrogens (tertiary/aromatic N) is 2. The van der Waals surface area contributed by atoms with Crippen LogP contribution in [0.3, 0.4) is 0 Å². The fourth-order valence-electron chi connectivity index (χ4n) is 3.08. The second-order valence-corrected chi connectivity index (χ2v) is 6.75. The van der Waals surface area contributed by atoms with Crippen molar-refractivity contribution in [3.05, 3.63) is 45.7 Å².